The highest BCUT2D eigenvalue weighted by Gasteiger charge is 1.97. The van der Waals surface area contributed by atoms with E-state index in [1.54, 1.807) is 0 Å². The van der Waals surface area contributed by atoms with Gasteiger partial charge in [-0.2, -0.15) is 5.26 Å². The predicted molar refractivity (Wildman–Crippen MR) is 56.9 cm³/mol. The summed E-state index contributed by atoms with van der Waals surface area (Å²) in [5.74, 6) is 0. The van der Waals surface area contributed by atoms with Crippen molar-refractivity contribution in [3.05, 3.63) is 29.8 Å². The summed E-state index contributed by atoms with van der Waals surface area (Å²) in [6.45, 7) is 1.40. The largest absolute Gasteiger partial charge is 0.378 e. The molecule has 0 atom stereocenters. The Bertz CT molecular complexity index is 308. The van der Waals surface area contributed by atoms with Gasteiger partial charge in [-0.25, -0.2) is 0 Å². The van der Waals surface area contributed by atoms with Crippen LogP contribution in [0.15, 0.2) is 24.3 Å². The molecule has 1 aromatic rings. The molecule has 2 N–H and O–H groups in total. The van der Waals surface area contributed by atoms with Crippen molar-refractivity contribution in [1.82, 2.24) is 0 Å². The van der Waals surface area contributed by atoms with E-state index in [2.05, 4.69) is 35.2 Å². The summed E-state index contributed by atoms with van der Waals surface area (Å²) >= 11 is 0. The summed E-state index contributed by atoms with van der Waals surface area (Å²) in [5.41, 5.74) is 2.46. The van der Waals surface area contributed by atoms with Gasteiger partial charge in [0.25, 0.3) is 0 Å². The normalized spacial score (nSPS) is 9.50. The lowest BCUT2D eigenvalue weighted by molar-refractivity contribution is -0.660. The quantitative estimate of drug-likeness (QED) is 0.549. The van der Waals surface area contributed by atoms with Gasteiger partial charge in [-0.1, -0.05) is 12.1 Å². The number of nitrogens with two attached hydrogens (primary N) is 1. The first-order chi connectivity index (χ1) is 6.74. The van der Waals surface area contributed by atoms with Gasteiger partial charge >= 0.3 is 0 Å². The van der Waals surface area contributed by atoms with E-state index >= 15 is 0 Å². The minimum Gasteiger partial charge on any atom is -0.378 e. The number of anilines is 1. The number of rotatable bonds is 4. The molecular weight excluding hydrogens is 174 g/mol. The van der Waals surface area contributed by atoms with E-state index in [0.717, 1.165) is 6.54 Å². The number of quaternary nitrogens is 1. The van der Waals surface area contributed by atoms with Crippen LogP contribution in [0.1, 0.15) is 5.56 Å². The molecule has 74 valence electrons. The van der Waals surface area contributed by atoms with Gasteiger partial charge in [-0.15, -0.1) is 0 Å². The van der Waals surface area contributed by atoms with Crippen molar-refractivity contribution in [3.63, 3.8) is 0 Å². The number of nitrogens with zero attached hydrogens (tertiary/aromatic N) is 2. The first-order valence-corrected chi connectivity index (χ1v) is 4.69. The zero-order chi connectivity index (χ0) is 10.4. The predicted octanol–water partition coefficient (Wildman–Crippen LogP) is 0.340. The van der Waals surface area contributed by atoms with Gasteiger partial charge in [-0.3, -0.25) is 0 Å². The smallest absolute Gasteiger partial charge is 0.163 e. The van der Waals surface area contributed by atoms with Crippen LogP contribution >= 0.6 is 0 Å². The van der Waals surface area contributed by atoms with E-state index in [1.807, 2.05) is 19.4 Å². The van der Waals surface area contributed by atoms with Crippen LogP contribution in [-0.4, -0.2) is 20.6 Å². The van der Waals surface area contributed by atoms with Crippen LogP contribution in [-0.2, 0) is 6.54 Å². The van der Waals surface area contributed by atoms with Gasteiger partial charge in [0.1, 0.15) is 12.6 Å². The topological polar surface area (TPSA) is 43.6 Å². The molecule has 0 saturated heterocycles. The van der Waals surface area contributed by atoms with E-state index in [0.29, 0.717) is 6.54 Å². The van der Waals surface area contributed by atoms with Crippen LogP contribution in [0.25, 0.3) is 0 Å². The number of hydrogen-bond donors (Lipinski definition) is 1. The zero-order valence-electron chi connectivity index (χ0n) is 8.70. The van der Waals surface area contributed by atoms with Gasteiger partial charge in [0.05, 0.1) is 0 Å². The molecule has 14 heavy (non-hydrogen) atoms. The van der Waals surface area contributed by atoms with Crippen molar-refractivity contribution in [3.8, 4) is 6.07 Å². The lowest BCUT2D eigenvalue weighted by Gasteiger charge is -2.12. The Balaban J connectivity index is 2.52. The second-order valence-electron chi connectivity index (χ2n) is 3.42. The third-order valence-corrected chi connectivity index (χ3v) is 2.07. The van der Waals surface area contributed by atoms with Gasteiger partial charge in [-0.05, 0) is 12.1 Å². The molecule has 0 aliphatic heterocycles. The van der Waals surface area contributed by atoms with Gasteiger partial charge in [0, 0.05) is 25.3 Å². The highest BCUT2D eigenvalue weighted by molar-refractivity contribution is 5.45. The van der Waals surface area contributed by atoms with E-state index in [-0.39, 0.29) is 0 Å². The Hall–Kier alpha value is -1.53. The number of nitriles is 1. The van der Waals surface area contributed by atoms with Crippen molar-refractivity contribution in [2.45, 2.75) is 6.54 Å². The fourth-order valence-electron chi connectivity index (χ4n) is 1.23. The summed E-state index contributed by atoms with van der Waals surface area (Å²) in [4.78, 5) is 2.07. The second kappa shape index (κ2) is 5.25. The molecule has 0 saturated carbocycles. The second-order valence-corrected chi connectivity index (χ2v) is 3.42. The van der Waals surface area contributed by atoms with Crippen LogP contribution in [0.4, 0.5) is 5.69 Å². The molecule has 0 fully saturated rings. The Kier molecular flexibility index (Phi) is 3.96. The van der Waals surface area contributed by atoms with E-state index in [9.17, 15) is 0 Å². The molecule has 0 heterocycles. The maximum absolute atomic E-state index is 8.37. The van der Waals surface area contributed by atoms with Crippen molar-refractivity contribution in [1.29, 1.82) is 5.26 Å². The molecule has 0 amide bonds. The fraction of sp³-hybridized carbons (Fsp3) is 0.364. The summed E-state index contributed by atoms with van der Waals surface area (Å²) in [6.07, 6.45) is 0. The molecule has 0 aliphatic carbocycles. The minimum absolute atomic E-state index is 0.523. The van der Waals surface area contributed by atoms with Crippen molar-refractivity contribution >= 4 is 5.69 Å². The molecule has 3 heteroatoms. The first-order valence-electron chi connectivity index (χ1n) is 4.69. The van der Waals surface area contributed by atoms with Crippen molar-refractivity contribution in [2.24, 2.45) is 0 Å². The van der Waals surface area contributed by atoms with Crippen LogP contribution in [0, 0.1) is 11.3 Å². The Morgan fingerprint density at radius 3 is 2.43 bits per heavy atom. The lowest BCUT2D eigenvalue weighted by Crippen LogP contribution is -2.82. The Morgan fingerprint density at radius 1 is 1.29 bits per heavy atom. The fourth-order valence-corrected chi connectivity index (χ4v) is 1.23. The van der Waals surface area contributed by atoms with Crippen molar-refractivity contribution in [2.75, 3.05) is 25.5 Å². The van der Waals surface area contributed by atoms with E-state index in [4.69, 9.17) is 5.26 Å². The average molecular weight is 190 g/mol. The Labute approximate surface area is 85.0 Å². The van der Waals surface area contributed by atoms with Crippen molar-refractivity contribution < 1.29 is 5.32 Å². The maximum atomic E-state index is 8.37. The molecule has 1 aromatic carbocycles. The van der Waals surface area contributed by atoms with Crippen LogP contribution in [0.2, 0.25) is 0 Å². The highest BCUT2D eigenvalue weighted by Crippen LogP contribution is 2.11. The van der Waals surface area contributed by atoms with Crippen LogP contribution in [0.3, 0.4) is 0 Å². The summed E-state index contributed by atoms with van der Waals surface area (Å²) in [6, 6.07) is 10.5. The highest BCUT2D eigenvalue weighted by atomic mass is 15.1. The third-order valence-electron chi connectivity index (χ3n) is 2.07. The van der Waals surface area contributed by atoms with E-state index in [1.165, 1.54) is 11.3 Å². The molecule has 1 rings (SSSR count). The molecule has 0 spiro atoms. The molecule has 0 bridgehead atoms. The van der Waals surface area contributed by atoms with Crippen LogP contribution in [0.5, 0.6) is 0 Å². The Morgan fingerprint density at radius 2 is 1.93 bits per heavy atom. The maximum Gasteiger partial charge on any atom is 0.163 e. The third kappa shape index (κ3) is 3.08. The minimum atomic E-state index is 0.523. The summed E-state index contributed by atoms with van der Waals surface area (Å²) < 4.78 is 0. The number of benzene rings is 1. The molecule has 0 unspecified atom stereocenters. The molecule has 3 nitrogen and oxygen atoms in total. The number of hydrogen-bond acceptors (Lipinski definition) is 2. The molecule has 0 radical (unpaired) electrons. The van der Waals surface area contributed by atoms with Gasteiger partial charge in [0.2, 0.25) is 0 Å². The molecular formula is C11H16N3+. The van der Waals surface area contributed by atoms with Gasteiger partial charge < -0.3 is 10.2 Å². The standard InChI is InChI=1S/C11H15N3/c1-14(2)11-5-3-10(4-6-11)9-13-8-7-12/h3-6,13H,8-9H2,1-2H3/p+1. The molecule has 0 aromatic heterocycles. The average Bonchev–Trinajstić information content (AvgIpc) is 2.19. The monoisotopic (exact) mass is 190 g/mol. The van der Waals surface area contributed by atoms with Gasteiger partial charge in [0.15, 0.2) is 6.54 Å². The summed E-state index contributed by atoms with van der Waals surface area (Å²) in [5, 5.41) is 10.4. The summed E-state index contributed by atoms with van der Waals surface area (Å²) in [7, 11) is 4.05. The molecule has 0 aliphatic rings. The van der Waals surface area contributed by atoms with E-state index < -0.39 is 0 Å². The zero-order valence-corrected chi connectivity index (χ0v) is 8.70. The SMILES string of the molecule is CN(C)c1ccc(C[NH2+]CC#N)cc1. The first kappa shape index (κ1) is 10.6. The lowest BCUT2D eigenvalue weighted by atomic mass is 10.2. The van der Waals surface area contributed by atoms with Crippen LogP contribution < -0.4 is 10.2 Å².